The van der Waals surface area contributed by atoms with Gasteiger partial charge in [-0.25, -0.2) is 0 Å². The van der Waals surface area contributed by atoms with Gasteiger partial charge in [0.1, 0.15) is 0 Å². The Morgan fingerprint density at radius 3 is 2.57 bits per heavy atom. The number of pyridine rings is 1. The first-order chi connectivity index (χ1) is 24.2. The Labute approximate surface area is 316 Å². The second kappa shape index (κ2) is 19.2. The van der Waals surface area contributed by atoms with Crippen molar-refractivity contribution < 1.29 is 10.2 Å². The Hall–Kier alpha value is -2.18. The summed E-state index contributed by atoms with van der Waals surface area (Å²) in [6.45, 7) is 23.2. The van der Waals surface area contributed by atoms with Crippen LogP contribution in [0.1, 0.15) is 132 Å². The van der Waals surface area contributed by atoms with E-state index < -0.39 is 5.60 Å². The highest BCUT2D eigenvalue weighted by Gasteiger charge is 2.50. The molecule has 0 bridgehead atoms. The van der Waals surface area contributed by atoms with Gasteiger partial charge in [-0.2, -0.15) is 0 Å². The molecule has 1 heterocycles. The fourth-order valence-electron chi connectivity index (χ4n) is 9.41. The van der Waals surface area contributed by atoms with Crippen molar-refractivity contribution in [2.75, 3.05) is 25.0 Å². The molecule has 0 spiro atoms. The van der Waals surface area contributed by atoms with Crippen LogP contribution in [0.25, 0.3) is 10.9 Å². The van der Waals surface area contributed by atoms with Crippen LogP contribution in [0.5, 0.6) is 0 Å². The summed E-state index contributed by atoms with van der Waals surface area (Å²) in [6.07, 6.45) is 21.1. The molecule has 6 heteroatoms. The highest BCUT2D eigenvalue weighted by atomic mass is 35.5. The number of benzene rings is 1. The molecule has 5 nitrogen and oxygen atoms in total. The molecule has 1 aromatic heterocycles. The minimum Gasteiger partial charge on any atom is -0.393 e. The zero-order valence-corrected chi connectivity index (χ0v) is 33.9. The third-order valence-corrected chi connectivity index (χ3v) is 12.7. The van der Waals surface area contributed by atoms with Crippen LogP contribution in [-0.4, -0.2) is 57.5 Å². The van der Waals surface area contributed by atoms with Crippen LogP contribution < -0.4 is 5.32 Å². The highest BCUT2D eigenvalue weighted by Crippen LogP contribution is 2.60. The zero-order chi connectivity index (χ0) is 37.2. The molecule has 0 amide bonds. The van der Waals surface area contributed by atoms with E-state index in [1.54, 1.807) is 5.57 Å². The fourth-order valence-corrected chi connectivity index (χ4v) is 9.58. The van der Waals surface area contributed by atoms with Gasteiger partial charge >= 0.3 is 0 Å². The average Bonchev–Trinajstić information content (AvgIpc) is 3.44. The van der Waals surface area contributed by atoms with Crippen molar-refractivity contribution in [3.8, 4) is 0 Å². The third-order valence-electron chi connectivity index (χ3n) is 12.5. The van der Waals surface area contributed by atoms with E-state index in [1.165, 1.54) is 62.6 Å². The monoisotopic (exact) mass is 720 g/mol. The van der Waals surface area contributed by atoms with Gasteiger partial charge in [0.25, 0.3) is 0 Å². The van der Waals surface area contributed by atoms with Crippen molar-refractivity contribution in [3.63, 3.8) is 0 Å². The SMILES string of the molecule is C=C1CC[C@H](O)C/C1=C/C=C1\CCCC2(C)C1CCC2C(C)CCCC(C)(C)O.CCN(CC)CCCC(C)Nc1ccnc2cc(Cl)ccc12. The number of hydrogen-bond donors (Lipinski definition) is 3. The van der Waals surface area contributed by atoms with Crippen molar-refractivity contribution in [1.29, 1.82) is 0 Å². The van der Waals surface area contributed by atoms with Crippen LogP contribution in [-0.2, 0) is 0 Å². The number of halogens is 1. The van der Waals surface area contributed by atoms with Crippen LogP contribution in [0.3, 0.4) is 0 Å². The van der Waals surface area contributed by atoms with Crippen LogP contribution in [0.15, 0.2) is 65.9 Å². The molecule has 2 aromatic rings. The van der Waals surface area contributed by atoms with E-state index >= 15 is 0 Å². The second-order valence-electron chi connectivity index (χ2n) is 16.9. The predicted octanol–water partition coefficient (Wildman–Crippen LogP) is 11.5. The molecule has 3 aliphatic carbocycles. The van der Waals surface area contributed by atoms with Gasteiger partial charge in [-0.05, 0) is 164 Å². The maximum absolute atomic E-state index is 10.0. The van der Waals surface area contributed by atoms with Gasteiger partial charge in [-0.1, -0.05) is 82.0 Å². The zero-order valence-electron chi connectivity index (χ0n) is 33.1. The maximum atomic E-state index is 10.0. The second-order valence-corrected chi connectivity index (χ2v) is 17.4. The van der Waals surface area contributed by atoms with E-state index in [1.807, 2.05) is 44.3 Å². The van der Waals surface area contributed by atoms with Gasteiger partial charge in [0.05, 0.1) is 17.2 Å². The molecular formula is C45H70ClN3O2. The topological polar surface area (TPSA) is 68.6 Å². The van der Waals surface area contributed by atoms with Crippen LogP contribution in [0.4, 0.5) is 5.69 Å². The molecule has 0 radical (unpaired) electrons. The molecule has 51 heavy (non-hydrogen) atoms. The van der Waals surface area contributed by atoms with Crippen LogP contribution >= 0.6 is 11.6 Å². The standard InChI is InChI=1S/C27H44O2.C18H26ClN3/c1-19-10-13-23(28)18-22(19)12-11-21-9-7-17-27(5)24(14-15-25(21)27)20(2)8-6-16-26(3,4)29;1-4-22(5-2)12-6-7-14(3)21-17-10-11-20-18-13-15(19)8-9-16(17)18/h11-12,20,23-25,28-29H,1,6-10,13-18H2,2-5H3;8-11,13-14H,4-7,12H2,1-3H3,(H,20,21)/b21-11+,22-12-;/t20?,23-,24?,25?,27?;/m0./s1. The molecule has 5 rings (SSSR count). The van der Waals surface area contributed by atoms with E-state index in [-0.39, 0.29) is 6.10 Å². The first kappa shape index (κ1) is 41.6. The Balaban J connectivity index is 0.000000238. The lowest BCUT2D eigenvalue weighted by atomic mass is 9.60. The van der Waals surface area contributed by atoms with Gasteiger partial charge in [-0.15, -0.1) is 0 Å². The quantitative estimate of drug-likeness (QED) is 0.181. The van der Waals surface area contributed by atoms with Gasteiger partial charge in [0.15, 0.2) is 0 Å². The minimum absolute atomic E-state index is 0.192. The molecule has 3 fully saturated rings. The summed E-state index contributed by atoms with van der Waals surface area (Å²) in [5.41, 5.74) is 6.09. The Morgan fingerprint density at radius 2 is 1.84 bits per heavy atom. The minimum atomic E-state index is -0.535. The molecule has 5 unspecified atom stereocenters. The van der Waals surface area contributed by atoms with Crippen molar-refractivity contribution in [1.82, 2.24) is 9.88 Å². The Morgan fingerprint density at radius 1 is 1.08 bits per heavy atom. The summed E-state index contributed by atoms with van der Waals surface area (Å²) in [6, 6.07) is 8.35. The first-order valence-corrected chi connectivity index (χ1v) is 20.6. The van der Waals surface area contributed by atoms with Crippen LogP contribution in [0, 0.1) is 23.2 Å². The van der Waals surface area contributed by atoms with E-state index in [0.717, 1.165) is 91.0 Å². The van der Waals surface area contributed by atoms with E-state index in [9.17, 15) is 10.2 Å². The maximum Gasteiger partial charge on any atom is 0.0737 e. The molecule has 3 saturated carbocycles. The summed E-state index contributed by atoms with van der Waals surface area (Å²) in [7, 11) is 0. The molecule has 1 aromatic carbocycles. The van der Waals surface area contributed by atoms with Gasteiger partial charge < -0.3 is 20.4 Å². The number of allylic oxidation sites excluding steroid dienone is 4. The van der Waals surface area contributed by atoms with Crippen molar-refractivity contribution >= 4 is 28.2 Å². The van der Waals surface area contributed by atoms with Gasteiger partial charge in [0, 0.05) is 28.3 Å². The summed E-state index contributed by atoms with van der Waals surface area (Å²) in [5.74, 6) is 2.26. The number of fused-ring (bicyclic) bond motifs is 2. The fraction of sp³-hybridized carbons (Fsp3) is 0.667. The number of anilines is 1. The number of nitrogens with one attached hydrogen (secondary N) is 1. The van der Waals surface area contributed by atoms with Crippen molar-refractivity contribution in [3.05, 3.63) is 70.9 Å². The summed E-state index contributed by atoms with van der Waals surface area (Å²) < 4.78 is 0. The van der Waals surface area contributed by atoms with Crippen LogP contribution in [0.2, 0.25) is 5.02 Å². The number of aromatic nitrogens is 1. The third kappa shape index (κ3) is 11.9. The number of nitrogens with zero attached hydrogens (tertiary/aromatic N) is 2. The number of aliphatic hydroxyl groups excluding tert-OH is 1. The predicted molar refractivity (Wildman–Crippen MR) is 220 cm³/mol. The summed E-state index contributed by atoms with van der Waals surface area (Å²) in [4.78, 5) is 6.86. The Kier molecular flexibility index (Phi) is 15.7. The van der Waals surface area contributed by atoms with E-state index in [0.29, 0.717) is 11.5 Å². The van der Waals surface area contributed by atoms with Gasteiger partial charge in [-0.3, -0.25) is 4.98 Å². The van der Waals surface area contributed by atoms with Gasteiger partial charge in [0.2, 0.25) is 0 Å². The molecule has 3 aliphatic rings. The van der Waals surface area contributed by atoms with E-state index in [4.69, 9.17) is 11.6 Å². The molecule has 3 N–H and O–H groups in total. The smallest absolute Gasteiger partial charge is 0.0737 e. The molecular weight excluding hydrogens is 650 g/mol. The molecule has 6 atom stereocenters. The molecule has 0 saturated heterocycles. The highest BCUT2D eigenvalue weighted by molar-refractivity contribution is 6.31. The largest absolute Gasteiger partial charge is 0.393 e. The lowest BCUT2D eigenvalue weighted by Gasteiger charge is -2.44. The number of hydrogen-bond acceptors (Lipinski definition) is 5. The summed E-state index contributed by atoms with van der Waals surface area (Å²) in [5, 5.41) is 25.5. The normalized spacial score (nSPS) is 26.6. The number of rotatable bonds is 14. The van der Waals surface area contributed by atoms with Crippen molar-refractivity contribution in [2.45, 2.75) is 150 Å². The number of aliphatic hydroxyl groups is 2. The molecule has 284 valence electrons. The van der Waals surface area contributed by atoms with E-state index in [2.05, 4.69) is 68.6 Å². The lowest BCUT2D eigenvalue weighted by Crippen LogP contribution is -2.36. The Bertz CT molecular complexity index is 1470. The first-order valence-electron chi connectivity index (χ1n) is 20.2. The summed E-state index contributed by atoms with van der Waals surface area (Å²) >= 11 is 6.04. The average molecular weight is 721 g/mol. The molecule has 0 aliphatic heterocycles. The lowest BCUT2D eigenvalue weighted by molar-refractivity contribution is 0.0596. The van der Waals surface area contributed by atoms with Crippen molar-refractivity contribution in [2.24, 2.45) is 23.2 Å².